The van der Waals surface area contributed by atoms with Gasteiger partial charge < -0.3 is 24.4 Å². The van der Waals surface area contributed by atoms with Gasteiger partial charge in [-0.3, -0.25) is 4.79 Å². The fourth-order valence-corrected chi connectivity index (χ4v) is 3.23. The van der Waals surface area contributed by atoms with Gasteiger partial charge in [0.2, 0.25) is 0 Å². The quantitative estimate of drug-likeness (QED) is 0.800. The third kappa shape index (κ3) is 4.11. The van der Waals surface area contributed by atoms with Crippen molar-refractivity contribution in [1.29, 1.82) is 0 Å². The van der Waals surface area contributed by atoms with E-state index in [4.69, 9.17) is 14.2 Å². The van der Waals surface area contributed by atoms with E-state index >= 15 is 0 Å². The van der Waals surface area contributed by atoms with Crippen molar-refractivity contribution in [2.45, 2.75) is 0 Å². The third-order valence-electron chi connectivity index (χ3n) is 4.21. The van der Waals surface area contributed by atoms with Crippen LogP contribution in [-0.4, -0.2) is 46.4 Å². The highest BCUT2D eigenvalue weighted by Crippen LogP contribution is 2.32. The molecule has 0 spiro atoms. The standard InChI is InChI=1S/C19H21BrN2O4/c1-24-14-4-5-15(18(12-14)25-2)19(23)21-16-11-13(20)3-6-17(16)22-7-9-26-10-8-22/h3-6,11-12H,7-10H2,1-2H3,(H,21,23). The largest absolute Gasteiger partial charge is 0.497 e. The van der Waals surface area contributed by atoms with Crippen LogP contribution in [0.25, 0.3) is 0 Å². The second-order valence-corrected chi connectivity index (χ2v) is 6.70. The molecule has 2 aromatic carbocycles. The van der Waals surface area contributed by atoms with Crippen molar-refractivity contribution in [1.82, 2.24) is 0 Å². The molecule has 138 valence electrons. The summed E-state index contributed by atoms with van der Waals surface area (Å²) in [4.78, 5) is 15.1. The fourth-order valence-electron chi connectivity index (χ4n) is 2.86. The Morgan fingerprint density at radius 1 is 1.12 bits per heavy atom. The van der Waals surface area contributed by atoms with Crippen LogP contribution in [0.1, 0.15) is 10.4 Å². The summed E-state index contributed by atoms with van der Waals surface area (Å²) < 4.78 is 16.8. The van der Waals surface area contributed by atoms with Gasteiger partial charge in [-0.25, -0.2) is 0 Å². The molecule has 3 rings (SSSR count). The predicted octanol–water partition coefficient (Wildman–Crippen LogP) is 3.56. The molecular formula is C19H21BrN2O4. The summed E-state index contributed by atoms with van der Waals surface area (Å²) >= 11 is 3.48. The highest BCUT2D eigenvalue weighted by Gasteiger charge is 2.19. The molecule has 7 heteroatoms. The summed E-state index contributed by atoms with van der Waals surface area (Å²) in [6.45, 7) is 2.93. The number of hydrogen-bond acceptors (Lipinski definition) is 5. The van der Waals surface area contributed by atoms with Gasteiger partial charge in [-0.05, 0) is 30.3 Å². The van der Waals surface area contributed by atoms with Crippen LogP contribution in [0.2, 0.25) is 0 Å². The zero-order valence-electron chi connectivity index (χ0n) is 14.8. The summed E-state index contributed by atoms with van der Waals surface area (Å²) in [5, 5.41) is 3.00. The van der Waals surface area contributed by atoms with Gasteiger partial charge in [0.1, 0.15) is 11.5 Å². The van der Waals surface area contributed by atoms with E-state index in [1.54, 1.807) is 25.3 Å². The van der Waals surface area contributed by atoms with Gasteiger partial charge >= 0.3 is 0 Å². The molecule has 0 saturated carbocycles. The van der Waals surface area contributed by atoms with E-state index in [9.17, 15) is 4.79 Å². The molecule has 2 aromatic rings. The second-order valence-electron chi connectivity index (χ2n) is 5.78. The first-order chi connectivity index (χ1) is 12.6. The molecule has 1 fully saturated rings. The minimum atomic E-state index is -0.239. The Balaban J connectivity index is 1.88. The monoisotopic (exact) mass is 420 g/mol. The van der Waals surface area contributed by atoms with E-state index < -0.39 is 0 Å². The first-order valence-corrected chi connectivity index (χ1v) is 9.07. The van der Waals surface area contributed by atoms with Crippen molar-refractivity contribution in [3.05, 3.63) is 46.4 Å². The van der Waals surface area contributed by atoms with Gasteiger partial charge in [-0.2, -0.15) is 0 Å². The number of ether oxygens (including phenoxy) is 3. The lowest BCUT2D eigenvalue weighted by atomic mass is 10.1. The normalized spacial score (nSPS) is 14.0. The Labute approximate surface area is 161 Å². The molecule has 6 nitrogen and oxygen atoms in total. The number of benzene rings is 2. The van der Waals surface area contributed by atoms with E-state index in [2.05, 4.69) is 26.1 Å². The maximum absolute atomic E-state index is 12.8. The number of amides is 1. The molecule has 1 heterocycles. The Bertz CT molecular complexity index is 791. The lowest BCUT2D eigenvalue weighted by Crippen LogP contribution is -2.36. The van der Waals surface area contributed by atoms with E-state index in [1.165, 1.54) is 7.11 Å². The summed E-state index contributed by atoms with van der Waals surface area (Å²) in [6, 6.07) is 11.0. The van der Waals surface area contributed by atoms with Crippen LogP contribution in [0, 0.1) is 0 Å². The molecule has 1 saturated heterocycles. The molecular weight excluding hydrogens is 400 g/mol. The third-order valence-corrected chi connectivity index (χ3v) is 4.71. The lowest BCUT2D eigenvalue weighted by Gasteiger charge is -2.30. The predicted molar refractivity (Wildman–Crippen MR) is 105 cm³/mol. The fraction of sp³-hybridized carbons (Fsp3) is 0.316. The van der Waals surface area contributed by atoms with Crippen molar-refractivity contribution < 1.29 is 19.0 Å². The maximum atomic E-state index is 12.8. The van der Waals surface area contributed by atoms with Crippen LogP contribution in [-0.2, 0) is 4.74 Å². The van der Waals surface area contributed by atoms with Crippen LogP contribution in [0.4, 0.5) is 11.4 Å². The SMILES string of the molecule is COc1ccc(C(=O)Nc2cc(Br)ccc2N2CCOCC2)c(OC)c1. The van der Waals surface area contributed by atoms with Crippen LogP contribution in [0.15, 0.2) is 40.9 Å². The van der Waals surface area contributed by atoms with Gasteiger partial charge in [0, 0.05) is 23.6 Å². The number of carbonyl (C=O) groups is 1. The van der Waals surface area contributed by atoms with Crippen molar-refractivity contribution in [3.8, 4) is 11.5 Å². The molecule has 26 heavy (non-hydrogen) atoms. The summed E-state index contributed by atoms with van der Waals surface area (Å²) in [5.41, 5.74) is 2.16. The number of anilines is 2. The van der Waals surface area contributed by atoms with Gasteiger partial charge in [0.15, 0.2) is 0 Å². The van der Waals surface area contributed by atoms with Crippen molar-refractivity contribution in [3.63, 3.8) is 0 Å². The van der Waals surface area contributed by atoms with Gasteiger partial charge in [0.25, 0.3) is 5.91 Å². The number of carbonyl (C=O) groups excluding carboxylic acids is 1. The van der Waals surface area contributed by atoms with E-state index in [1.807, 2.05) is 18.2 Å². The molecule has 0 aromatic heterocycles. The first-order valence-electron chi connectivity index (χ1n) is 8.28. The number of methoxy groups -OCH3 is 2. The maximum Gasteiger partial charge on any atom is 0.259 e. The van der Waals surface area contributed by atoms with Gasteiger partial charge in [0.05, 0.1) is 44.4 Å². The first kappa shape index (κ1) is 18.5. The van der Waals surface area contributed by atoms with E-state index in [-0.39, 0.29) is 5.91 Å². The van der Waals surface area contributed by atoms with E-state index in [0.717, 1.165) is 28.9 Å². The summed E-state index contributed by atoms with van der Waals surface area (Å²) in [6.07, 6.45) is 0. The minimum Gasteiger partial charge on any atom is -0.497 e. The number of nitrogens with zero attached hydrogens (tertiary/aromatic N) is 1. The van der Waals surface area contributed by atoms with Crippen LogP contribution in [0.3, 0.4) is 0 Å². The molecule has 1 aliphatic rings. The summed E-state index contributed by atoms with van der Waals surface area (Å²) in [5.74, 6) is 0.858. The van der Waals surface area contributed by atoms with E-state index in [0.29, 0.717) is 30.3 Å². The molecule has 1 N–H and O–H groups in total. The van der Waals surface area contributed by atoms with Gasteiger partial charge in [-0.15, -0.1) is 0 Å². The number of rotatable bonds is 5. The van der Waals surface area contributed by atoms with Crippen LogP contribution in [0.5, 0.6) is 11.5 Å². The van der Waals surface area contributed by atoms with Crippen molar-refractivity contribution >= 4 is 33.2 Å². The molecule has 0 bridgehead atoms. The molecule has 1 amide bonds. The highest BCUT2D eigenvalue weighted by atomic mass is 79.9. The van der Waals surface area contributed by atoms with Crippen LogP contribution < -0.4 is 19.7 Å². The topological polar surface area (TPSA) is 60.0 Å². The van der Waals surface area contributed by atoms with Crippen molar-refractivity contribution in [2.24, 2.45) is 0 Å². The number of morpholine rings is 1. The number of nitrogens with one attached hydrogen (secondary N) is 1. The Morgan fingerprint density at radius 2 is 1.88 bits per heavy atom. The Kier molecular flexibility index (Phi) is 6.00. The van der Waals surface area contributed by atoms with Crippen molar-refractivity contribution in [2.75, 3.05) is 50.7 Å². The smallest absolute Gasteiger partial charge is 0.259 e. The lowest BCUT2D eigenvalue weighted by molar-refractivity contribution is 0.102. The molecule has 0 atom stereocenters. The highest BCUT2D eigenvalue weighted by molar-refractivity contribution is 9.10. The van der Waals surface area contributed by atoms with Crippen LogP contribution >= 0.6 is 15.9 Å². The zero-order chi connectivity index (χ0) is 18.5. The Morgan fingerprint density at radius 3 is 2.58 bits per heavy atom. The Hall–Kier alpha value is -2.25. The average molecular weight is 421 g/mol. The molecule has 0 aliphatic carbocycles. The number of halogens is 1. The molecule has 0 radical (unpaired) electrons. The minimum absolute atomic E-state index is 0.239. The van der Waals surface area contributed by atoms with Gasteiger partial charge in [-0.1, -0.05) is 15.9 Å². The number of hydrogen-bond donors (Lipinski definition) is 1. The molecule has 0 unspecified atom stereocenters. The average Bonchev–Trinajstić information content (AvgIpc) is 2.68. The summed E-state index contributed by atoms with van der Waals surface area (Å²) in [7, 11) is 3.11. The second kappa shape index (κ2) is 8.42. The zero-order valence-corrected chi connectivity index (χ0v) is 16.3. The molecule has 1 aliphatic heterocycles.